The van der Waals surface area contributed by atoms with Gasteiger partial charge in [0, 0.05) is 29.7 Å². The van der Waals surface area contributed by atoms with Crippen LogP contribution in [-0.2, 0) is 24.9 Å². The van der Waals surface area contributed by atoms with Crippen molar-refractivity contribution in [3.8, 4) is 10.6 Å². The van der Waals surface area contributed by atoms with Gasteiger partial charge in [0.05, 0.1) is 11.3 Å². The van der Waals surface area contributed by atoms with E-state index in [1.165, 1.54) is 29.9 Å². The lowest BCUT2D eigenvalue weighted by Crippen LogP contribution is -2.03. The van der Waals surface area contributed by atoms with E-state index in [9.17, 15) is 13.2 Å². The number of alkyl halides is 3. The minimum Gasteiger partial charge on any atom is -0.306 e. The summed E-state index contributed by atoms with van der Waals surface area (Å²) < 4.78 is 40.2. The zero-order chi connectivity index (χ0) is 18.9. The van der Waals surface area contributed by atoms with E-state index in [4.69, 9.17) is 0 Å². The van der Waals surface area contributed by atoms with E-state index in [1.54, 1.807) is 11.8 Å². The van der Waals surface area contributed by atoms with Crippen molar-refractivity contribution < 1.29 is 13.2 Å². The van der Waals surface area contributed by atoms with Gasteiger partial charge in [0.15, 0.2) is 5.16 Å². The second-order valence-corrected chi connectivity index (χ2v) is 8.17. The molecule has 3 aromatic rings. The fraction of sp³-hybridized carbons (Fsp3) is 0.389. The molecule has 3 heterocycles. The summed E-state index contributed by atoms with van der Waals surface area (Å²) in [5.74, 6) is 1.72. The smallest absolute Gasteiger partial charge is 0.306 e. The summed E-state index contributed by atoms with van der Waals surface area (Å²) in [6.07, 6.45) is 0.177. The lowest BCUT2D eigenvalue weighted by molar-refractivity contribution is -0.137. The van der Waals surface area contributed by atoms with Crippen LogP contribution < -0.4 is 0 Å². The quantitative estimate of drug-likeness (QED) is 0.537. The largest absolute Gasteiger partial charge is 0.416 e. The number of fused-ring (bicyclic) bond motifs is 1. The Morgan fingerprint density at radius 1 is 1.07 bits per heavy atom. The van der Waals surface area contributed by atoms with Crippen molar-refractivity contribution in [1.29, 1.82) is 0 Å². The van der Waals surface area contributed by atoms with Gasteiger partial charge in [-0.2, -0.15) is 13.2 Å². The van der Waals surface area contributed by atoms with Crippen molar-refractivity contribution >= 4 is 23.1 Å². The summed E-state index contributed by atoms with van der Waals surface area (Å²) >= 11 is 3.04. The molecule has 1 aromatic carbocycles. The lowest BCUT2D eigenvalue weighted by Gasteiger charge is -2.06. The summed E-state index contributed by atoms with van der Waals surface area (Å²) in [6, 6.07) is 5.13. The maximum absolute atomic E-state index is 12.7. The molecule has 0 amide bonds. The van der Waals surface area contributed by atoms with Crippen LogP contribution in [0.25, 0.3) is 10.6 Å². The normalized spacial score (nSPS) is 14.8. The summed E-state index contributed by atoms with van der Waals surface area (Å²) in [5.41, 5.74) is 0.942. The standard InChI is InChI=1S/C18H17F3N4S2/c19-18(20,21)13-7-5-12(6-8-13)16-22-14(10-26-16)11-27-17-24-23-15-4-2-1-3-9-25(15)17/h5-8,10H,1-4,9,11H2. The third-order valence-electron chi connectivity index (χ3n) is 4.44. The van der Waals surface area contributed by atoms with E-state index in [-0.39, 0.29) is 0 Å². The Labute approximate surface area is 162 Å². The number of aromatic nitrogens is 4. The highest BCUT2D eigenvalue weighted by molar-refractivity contribution is 7.98. The monoisotopic (exact) mass is 410 g/mol. The Bertz CT molecular complexity index is 916. The van der Waals surface area contributed by atoms with E-state index >= 15 is 0 Å². The maximum atomic E-state index is 12.7. The molecular formula is C18H17F3N4S2. The number of halogens is 3. The van der Waals surface area contributed by atoms with Gasteiger partial charge >= 0.3 is 6.18 Å². The second kappa shape index (κ2) is 7.63. The molecule has 0 N–H and O–H groups in total. The lowest BCUT2D eigenvalue weighted by atomic mass is 10.1. The third kappa shape index (κ3) is 4.19. The fourth-order valence-corrected chi connectivity index (χ4v) is 4.82. The van der Waals surface area contributed by atoms with Crippen LogP contribution in [0.1, 0.15) is 36.3 Å². The predicted molar refractivity (Wildman–Crippen MR) is 99.7 cm³/mol. The Morgan fingerprint density at radius 2 is 1.89 bits per heavy atom. The number of hydrogen-bond acceptors (Lipinski definition) is 5. The van der Waals surface area contributed by atoms with E-state index in [0.29, 0.717) is 11.3 Å². The van der Waals surface area contributed by atoms with Gasteiger partial charge in [0.2, 0.25) is 0 Å². The molecule has 0 radical (unpaired) electrons. The SMILES string of the molecule is FC(F)(F)c1ccc(-c2nc(CSc3nnc4n3CCCCC4)cs2)cc1. The molecule has 0 atom stereocenters. The van der Waals surface area contributed by atoms with Gasteiger partial charge in [0.25, 0.3) is 0 Å². The number of thioether (sulfide) groups is 1. The van der Waals surface area contributed by atoms with Gasteiger partial charge in [-0.1, -0.05) is 30.3 Å². The zero-order valence-corrected chi connectivity index (χ0v) is 16.0. The van der Waals surface area contributed by atoms with Crippen LogP contribution in [0.15, 0.2) is 34.8 Å². The highest BCUT2D eigenvalue weighted by Gasteiger charge is 2.30. The van der Waals surface area contributed by atoms with Crippen LogP contribution in [0.5, 0.6) is 0 Å². The van der Waals surface area contributed by atoms with Crippen molar-refractivity contribution in [3.63, 3.8) is 0 Å². The molecule has 0 unspecified atom stereocenters. The van der Waals surface area contributed by atoms with Gasteiger partial charge in [-0.15, -0.1) is 21.5 Å². The number of thiazole rings is 1. The molecule has 0 spiro atoms. The predicted octanol–water partition coefficient (Wildman–Crippen LogP) is 5.44. The summed E-state index contributed by atoms with van der Waals surface area (Å²) in [6.45, 7) is 0.957. The molecule has 142 valence electrons. The van der Waals surface area contributed by atoms with Crippen LogP contribution >= 0.6 is 23.1 Å². The van der Waals surface area contributed by atoms with Gasteiger partial charge in [-0.25, -0.2) is 4.98 Å². The Balaban J connectivity index is 1.44. The van der Waals surface area contributed by atoms with Crippen molar-refractivity contribution in [2.75, 3.05) is 0 Å². The first-order valence-corrected chi connectivity index (χ1v) is 10.5. The molecule has 0 saturated carbocycles. The minimum absolute atomic E-state index is 0.647. The molecule has 0 aliphatic carbocycles. The Hall–Kier alpha value is -1.87. The molecule has 1 aliphatic heterocycles. The first-order chi connectivity index (χ1) is 13.0. The van der Waals surface area contributed by atoms with E-state index in [1.807, 2.05) is 5.38 Å². The van der Waals surface area contributed by atoms with Crippen molar-refractivity contribution in [1.82, 2.24) is 19.7 Å². The summed E-state index contributed by atoms with van der Waals surface area (Å²) in [4.78, 5) is 4.56. The molecule has 9 heteroatoms. The van der Waals surface area contributed by atoms with Crippen LogP contribution in [0.3, 0.4) is 0 Å². The highest BCUT2D eigenvalue weighted by Crippen LogP contribution is 2.32. The van der Waals surface area contributed by atoms with Gasteiger partial charge in [0.1, 0.15) is 10.8 Å². The Kier molecular flexibility index (Phi) is 5.23. The zero-order valence-electron chi connectivity index (χ0n) is 14.4. The van der Waals surface area contributed by atoms with Crippen molar-refractivity contribution in [3.05, 3.63) is 46.7 Å². The van der Waals surface area contributed by atoms with Crippen LogP contribution in [-0.4, -0.2) is 19.7 Å². The summed E-state index contributed by atoms with van der Waals surface area (Å²) in [7, 11) is 0. The number of benzene rings is 1. The third-order valence-corrected chi connectivity index (χ3v) is 6.38. The molecule has 4 rings (SSSR count). The average molecular weight is 410 g/mol. The highest BCUT2D eigenvalue weighted by atomic mass is 32.2. The molecule has 0 bridgehead atoms. The van der Waals surface area contributed by atoms with Gasteiger partial charge in [-0.3, -0.25) is 0 Å². The number of aryl methyl sites for hydroxylation is 1. The van der Waals surface area contributed by atoms with Gasteiger partial charge in [-0.05, 0) is 25.0 Å². The van der Waals surface area contributed by atoms with E-state index in [2.05, 4.69) is 19.7 Å². The average Bonchev–Trinajstić information content (AvgIpc) is 3.20. The second-order valence-electron chi connectivity index (χ2n) is 6.37. The van der Waals surface area contributed by atoms with Gasteiger partial charge < -0.3 is 4.57 Å². The summed E-state index contributed by atoms with van der Waals surface area (Å²) in [5, 5.41) is 12.2. The topological polar surface area (TPSA) is 43.6 Å². The van der Waals surface area contributed by atoms with Crippen LogP contribution in [0, 0.1) is 0 Å². The minimum atomic E-state index is -4.32. The first-order valence-electron chi connectivity index (χ1n) is 8.67. The molecular weight excluding hydrogens is 393 g/mol. The van der Waals surface area contributed by atoms with Crippen LogP contribution in [0.2, 0.25) is 0 Å². The van der Waals surface area contributed by atoms with E-state index < -0.39 is 11.7 Å². The number of nitrogens with zero attached hydrogens (tertiary/aromatic N) is 4. The van der Waals surface area contributed by atoms with E-state index in [0.717, 1.165) is 59.6 Å². The first kappa shape index (κ1) is 18.5. The Morgan fingerprint density at radius 3 is 2.67 bits per heavy atom. The fourth-order valence-electron chi connectivity index (χ4n) is 3.01. The molecule has 4 nitrogen and oxygen atoms in total. The molecule has 0 fully saturated rings. The van der Waals surface area contributed by atoms with Crippen molar-refractivity contribution in [2.45, 2.75) is 49.3 Å². The van der Waals surface area contributed by atoms with Crippen LogP contribution in [0.4, 0.5) is 13.2 Å². The maximum Gasteiger partial charge on any atom is 0.416 e. The molecule has 0 saturated heterocycles. The molecule has 2 aromatic heterocycles. The molecule has 1 aliphatic rings. The molecule has 27 heavy (non-hydrogen) atoms. The number of rotatable bonds is 4. The number of hydrogen-bond donors (Lipinski definition) is 0. The van der Waals surface area contributed by atoms with Crippen molar-refractivity contribution in [2.24, 2.45) is 0 Å².